The zero-order valence-corrected chi connectivity index (χ0v) is 12.5. The standard InChI is InChI=1S/C15H20ClN3O/c1-17-14(6-7-15(17)20)19-10-8-18(9-11-19)13-4-2-12(16)3-5-13/h2-5,14H,6-11H2,1H3. The van der Waals surface area contributed by atoms with Crippen LogP contribution in [0.25, 0.3) is 0 Å². The lowest BCUT2D eigenvalue weighted by Crippen LogP contribution is -2.53. The Morgan fingerprint density at radius 3 is 2.30 bits per heavy atom. The zero-order valence-electron chi connectivity index (χ0n) is 11.8. The van der Waals surface area contributed by atoms with Crippen LogP contribution in [0.1, 0.15) is 12.8 Å². The van der Waals surface area contributed by atoms with Gasteiger partial charge in [-0.2, -0.15) is 0 Å². The Hall–Kier alpha value is -1.26. The number of carbonyl (C=O) groups is 1. The van der Waals surface area contributed by atoms with Crippen LogP contribution in [0.5, 0.6) is 0 Å². The summed E-state index contributed by atoms with van der Waals surface area (Å²) < 4.78 is 0. The van der Waals surface area contributed by atoms with E-state index in [0.717, 1.165) is 37.6 Å². The van der Waals surface area contributed by atoms with Gasteiger partial charge in [0.15, 0.2) is 0 Å². The van der Waals surface area contributed by atoms with Crippen LogP contribution in [0.4, 0.5) is 5.69 Å². The van der Waals surface area contributed by atoms with Crippen molar-refractivity contribution in [2.45, 2.75) is 19.0 Å². The number of hydrogen-bond donors (Lipinski definition) is 0. The zero-order chi connectivity index (χ0) is 14.1. The third-order valence-electron chi connectivity index (χ3n) is 4.38. The van der Waals surface area contributed by atoms with Gasteiger partial charge in [-0.3, -0.25) is 9.69 Å². The average Bonchev–Trinajstić information content (AvgIpc) is 2.80. The SMILES string of the molecule is CN1C(=O)CCC1N1CCN(c2ccc(Cl)cc2)CC1. The molecule has 0 N–H and O–H groups in total. The van der Waals surface area contributed by atoms with Gasteiger partial charge in [0.05, 0.1) is 6.17 Å². The highest BCUT2D eigenvalue weighted by Crippen LogP contribution is 2.24. The molecule has 1 unspecified atom stereocenters. The Morgan fingerprint density at radius 2 is 1.75 bits per heavy atom. The number of carbonyl (C=O) groups excluding carboxylic acids is 1. The molecule has 0 radical (unpaired) electrons. The Morgan fingerprint density at radius 1 is 1.10 bits per heavy atom. The lowest BCUT2D eigenvalue weighted by molar-refractivity contribution is -0.129. The number of halogens is 1. The molecule has 2 aliphatic rings. The second-order valence-electron chi connectivity index (χ2n) is 5.52. The number of nitrogens with zero attached hydrogens (tertiary/aromatic N) is 3. The Labute approximate surface area is 124 Å². The Kier molecular flexibility index (Phi) is 3.85. The average molecular weight is 294 g/mol. The fourth-order valence-electron chi connectivity index (χ4n) is 3.15. The molecule has 2 aliphatic heterocycles. The number of rotatable bonds is 2. The number of anilines is 1. The van der Waals surface area contributed by atoms with Crippen LogP contribution >= 0.6 is 11.6 Å². The molecule has 2 heterocycles. The summed E-state index contributed by atoms with van der Waals surface area (Å²) in [6.07, 6.45) is 1.96. The van der Waals surface area contributed by atoms with Crippen molar-refractivity contribution in [3.63, 3.8) is 0 Å². The van der Waals surface area contributed by atoms with E-state index in [1.54, 1.807) is 0 Å². The minimum atomic E-state index is 0.273. The second kappa shape index (κ2) is 5.62. The minimum Gasteiger partial charge on any atom is -0.369 e. The van der Waals surface area contributed by atoms with Crippen LogP contribution < -0.4 is 4.90 Å². The van der Waals surface area contributed by atoms with Gasteiger partial charge in [0.25, 0.3) is 0 Å². The predicted molar refractivity (Wildman–Crippen MR) is 81.0 cm³/mol. The molecule has 2 saturated heterocycles. The Bertz CT molecular complexity index is 482. The van der Waals surface area contributed by atoms with Crippen LogP contribution in [0.3, 0.4) is 0 Å². The van der Waals surface area contributed by atoms with Crippen LogP contribution in [0.15, 0.2) is 24.3 Å². The molecule has 4 nitrogen and oxygen atoms in total. The molecule has 3 rings (SSSR count). The molecule has 0 aliphatic carbocycles. The number of likely N-dealkylation sites (tertiary alicyclic amines) is 1. The van der Waals surface area contributed by atoms with Crippen molar-refractivity contribution < 1.29 is 4.79 Å². The van der Waals surface area contributed by atoms with Gasteiger partial charge in [0.2, 0.25) is 5.91 Å². The third kappa shape index (κ3) is 2.63. The number of piperazine rings is 1. The van der Waals surface area contributed by atoms with Crippen LogP contribution in [0.2, 0.25) is 5.02 Å². The fraction of sp³-hybridized carbons (Fsp3) is 0.533. The van der Waals surface area contributed by atoms with E-state index in [1.807, 2.05) is 24.1 Å². The molecular weight excluding hydrogens is 274 g/mol. The highest BCUT2D eigenvalue weighted by atomic mass is 35.5. The molecule has 0 saturated carbocycles. The third-order valence-corrected chi connectivity index (χ3v) is 4.64. The summed E-state index contributed by atoms with van der Waals surface area (Å²) in [7, 11) is 1.92. The van der Waals surface area contributed by atoms with E-state index in [0.29, 0.717) is 12.6 Å². The van der Waals surface area contributed by atoms with E-state index in [9.17, 15) is 4.79 Å². The van der Waals surface area contributed by atoms with E-state index in [2.05, 4.69) is 21.9 Å². The Balaban J connectivity index is 1.59. The first-order valence-corrected chi connectivity index (χ1v) is 7.53. The fourth-order valence-corrected chi connectivity index (χ4v) is 3.27. The molecule has 1 aromatic rings. The first-order chi connectivity index (χ1) is 9.65. The van der Waals surface area contributed by atoms with Gasteiger partial charge in [-0.25, -0.2) is 0 Å². The highest BCUT2D eigenvalue weighted by Gasteiger charge is 2.33. The lowest BCUT2D eigenvalue weighted by Gasteiger charge is -2.40. The molecule has 1 aromatic carbocycles. The number of amides is 1. The van der Waals surface area contributed by atoms with Crippen molar-refractivity contribution in [1.82, 2.24) is 9.80 Å². The monoisotopic (exact) mass is 293 g/mol. The van der Waals surface area contributed by atoms with Gasteiger partial charge >= 0.3 is 0 Å². The molecule has 20 heavy (non-hydrogen) atoms. The predicted octanol–water partition coefficient (Wildman–Crippen LogP) is 2.04. The maximum atomic E-state index is 11.6. The molecule has 0 aromatic heterocycles. The highest BCUT2D eigenvalue weighted by molar-refractivity contribution is 6.30. The molecular formula is C15H20ClN3O. The van der Waals surface area contributed by atoms with Gasteiger partial charge in [-0.15, -0.1) is 0 Å². The van der Waals surface area contributed by atoms with Gasteiger partial charge in [0.1, 0.15) is 0 Å². The van der Waals surface area contributed by atoms with E-state index >= 15 is 0 Å². The quantitative estimate of drug-likeness (QED) is 0.835. The molecule has 1 atom stereocenters. The summed E-state index contributed by atoms with van der Waals surface area (Å²) in [5.74, 6) is 0.273. The van der Waals surface area contributed by atoms with E-state index in [1.165, 1.54) is 5.69 Å². The van der Waals surface area contributed by atoms with E-state index < -0.39 is 0 Å². The van der Waals surface area contributed by atoms with E-state index in [4.69, 9.17) is 11.6 Å². The smallest absolute Gasteiger partial charge is 0.223 e. The van der Waals surface area contributed by atoms with Crippen molar-refractivity contribution in [3.05, 3.63) is 29.3 Å². The second-order valence-corrected chi connectivity index (χ2v) is 5.96. The van der Waals surface area contributed by atoms with Gasteiger partial charge < -0.3 is 9.80 Å². The van der Waals surface area contributed by atoms with Crippen molar-refractivity contribution >= 4 is 23.2 Å². The summed E-state index contributed by atoms with van der Waals surface area (Å²) in [6, 6.07) is 8.02. The first-order valence-electron chi connectivity index (χ1n) is 7.15. The van der Waals surface area contributed by atoms with Crippen molar-refractivity contribution in [3.8, 4) is 0 Å². The van der Waals surface area contributed by atoms with Gasteiger partial charge in [-0.05, 0) is 30.7 Å². The topological polar surface area (TPSA) is 26.8 Å². The van der Waals surface area contributed by atoms with Crippen molar-refractivity contribution in [2.75, 3.05) is 38.1 Å². The van der Waals surface area contributed by atoms with Crippen LogP contribution in [0, 0.1) is 0 Å². The normalized spacial score (nSPS) is 24.5. The van der Waals surface area contributed by atoms with Crippen molar-refractivity contribution in [2.24, 2.45) is 0 Å². The van der Waals surface area contributed by atoms with Crippen molar-refractivity contribution in [1.29, 1.82) is 0 Å². The van der Waals surface area contributed by atoms with Crippen LogP contribution in [-0.2, 0) is 4.79 Å². The molecule has 1 amide bonds. The molecule has 0 bridgehead atoms. The summed E-state index contributed by atoms with van der Waals surface area (Å²) in [6.45, 7) is 4.01. The molecule has 2 fully saturated rings. The summed E-state index contributed by atoms with van der Waals surface area (Å²) in [4.78, 5) is 18.3. The van der Waals surface area contributed by atoms with Gasteiger partial charge in [0, 0.05) is 50.4 Å². The maximum Gasteiger partial charge on any atom is 0.223 e. The number of benzene rings is 1. The summed E-state index contributed by atoms with van der Waals surface area (Å²) in [5, 5.41) is 0.776. The van der Waals surface area contributed by atoms with Crippen LogP contribution in [-0.4, -0.2) is 55.1 Å². The first kappa shape index (κ1) is 13.7. The summed E-state index contributed by atoms with van der Waals surface area (Å²) >= 11 is 5.93. The minimum absolute atomic E-state index is 0.273. The lowest BCUT2D eigenvalue weighted by atomic mass is 10.2. The maximum absolute atomic E-state index is 11.6. The molecule has 0 spiro atoms. The molecule has 108 valence electrons. The number of hydrogen-bond acceptors (Lipinski definition) is 3. The summed E-state index contributed by atoms with van der Waals surface area (Å²) in [5.41, 5.74) is 1.23. The largest absolute Gasteiger partial charge is 0.369 e. The van der Waals surface area contributed by atoms with E-state index in [-0.39, 0.29) is 5.91 Å². The molecule has 5 heteroatoms. The van der Waals surface area contributed by atoms with Gasteiger partial charge in [-0.1, -0.05) is 11.6 Å².